The molecular formula is C19H21N5OS. The van der Waals surface area contributed by atoms with Gasteiger partial charge in [0.25, 0.3) is 5.78 Å². The third-order valence-electron chi connectivity index (χ3n) is 4.67. The van der Waals surface area contributed by atoms with Crippen LogP contribution in [-0.4, -0.2) is 36.8 Å². The minimum Gasteiger partial charge on any atom is -0.308 e. The number of benzene rings is 1. The molecular weight excluding hydrogens is 346 g/mol. The topological polar surface area (TPSA) is 63.4 Å². The highest BCUT2D eigenvalue weighted by Gasteiger charge is 2.33. The van der Waals surface area contributed by atoms with Gasteiger partial charge in [0.15, 0.2) is 0 Å². The number of para-hydroxylation sites is 1. The Morgan fingerprint density at radius 2 is 2.04 bits per heavy atom. The molecule has 0 aliphatic carbocycles. The molecule has 1 aliphatic heterocycles. The molecule has 0 bridgehead atoms. The fourth-order valence-corrected chi connectivity index (χ4v) is 4.30. The molecule has 3 aromatic rings. The second-order valence-corrected chi connectivity index (χ2v) is 8.10. The average molecular weight is 367 g/mol. The quantitative estimate of drug-likeness (QED) is 0.665. The highest BCUT2D eigenvalue weighted by Crippen LogP contribution is 2.34. The number of anilines is 1. The monoisotopic (exact) mass is 367 g/mol. The van der Waals surface area contributed by atoms with E-state index in [1.807, 2.05) is 49.9 Å². The summed E-state index contributed by atoms with van der Waals surface area (Å²) in [5.74, 6) is 0.664. The largest absolute Gasteiger partial charge is 0.308 e. The number of carbonyl (C=O) groups excluding carboxylic acids is 1. The van der Waals surface area contributed by atoms with Gasteiger partial charge in [0.1, 0.15) is 0 Å². The van der Waals surface area contributed by atoms with Gasteiger partial charge in [-0.1, -0.05) is 30.0 Å². The third kappa shape index (κ3) is 2.86. The number of fused-ring (bicyclic) bond motifs is 2. The molecule has 4 rings (SSSR count). The van der Waals surface area contributed by atoms with Gasteiger partial charge in [-0.05, 0) is 51.8 Å². The highest BCUT2D eigenvalue weighted by molar-refractivity contribution is 8.00. The summed E-state index contributed by atoms with van der Waals surface area (Å²) in [6, 6.07) is 10.3. The predicted molar refractivity (Wildman–Crippen MR) is 103 cm³/mol. The summed E-state index contributed by atoms with van der Waals surface area (Å²) >= 11 is 1.38. The Morgan fingerprint density at radius 1 is 1.27 bits per heavy atom. The Bertz CT molecular complexity index is 999. The standard InChI is InChI=1S/C19H21N5OS/c1-11-9-13(3)24-18(20-11)21-19(22-24)26-14(4)17(25)23-12(2)10-15-7-5-6-8-16(15)23/h5-9,12,14H,10H2,1-4H3/t12-,14+/m1/s1. The molecule has 7 heteroatoms. The predicted octanol–water partition coefficient (Wildman–Crippen LogP) is 3.20. The molecule has 0 fully saturated rings. The highest BCUT2D eigenvalue weighted by atomic mass is 32.2. The zero-order valence-electron chi connectivity index (χ0n) is 15.3. The number of hydrogen-bond donors (Lipinski definition) is 0. The van der Waals surface area contributed by atoms with Crippen LogP contribution in [0, 0.1) is 13.8 Å². The molecule has 0 radical (unpaired) electrons. The van der Waals surface area contributed by atoms with Gasteiger partial charge in [-0.3, -0.25) is 4.79 Å². The van der Waals surface area contributed by atoms with Crippen LogP contribution < -0.4 is 4.90 Å². The molecule has 1 amide bonds. The number of aryl methyl sites for hydroxylation is 2. The lowest BCUT2D eigenvalue weighted by atomic mass is 10.1. The molecule has 134 valence electrons. The minimum absolute atomic E-state index is 0.0900. The molecule has 0 saturated carbocycles. The van der Waals surface area contributed by atoms with Crippen LogP contribution >= 0.6 is 11.8 Å². The third-order valence-corrected chi connectivity index (χ3v) is 5.61. The minimum atomic E-state index is -0.276. The van der Waals surface area contributed by atoms with Gasteiger partial charge >= 0.3 is 0 Å². The van der Waals surface area contributed by atoms with Crippen molar-refractivity contribution in [1.29, 1.82) is 0 Å². The van der Waals surface area contributed by atoms with E-state index in [0.29, 0.717) is 10.9 Å². The van der Waals surface area contributed by atoms with E-state index in [2.05, 4.69) is 28.1 Å². The molecule has 2 atom stereocenters. The summed E-state index contributed by atoms with van der Waals surface area (Å²) in [6.45, 7) is 7.92. The Balaban J connectivity index is 1.58. The number of rotatable bonds is 3. The molecule has 0 saturated heterocycles. The van der Waals surface area contributed by atoms with E-state index in [1.54, 1.807) is 4.52 Å². The second kappa shape index (κ2) is 6.39. The first-order chi connectivity index (χ1) is 12.4. The molecule has 26 heavy (non-hydrogen) atoms. The lowest BCUT2D eigenvalue weighted by Crippen LogP contribution is -2.40. The lowest BCUT2D eigenvalue weighted by Gasteiger charge is -2.25. The molecule has 0 N–H and O–H groups in total. The molecule has 6 nitrogen and oxygen atoms in total. The molecule has 3 heterocycles. The second-order valence-electron chi connectivity index (χ2n) is 6.80. The molecule has 0 spiro atoms. The van der Waals surface area contributed by atoms with Crippen LogP contribution in [0.3, 0.4) is 0 Å². The van der Waals surface area contributed by atoms with Crippen molar-refractivity contribution in [1.82, 2.24) is 19.6 Å². The van der Waals surface area contributed by atoms with Crippen LogP contribution in [0.1, 0.15) is 30.8 Å². The van der Waals surface area contributed by atoms with Crippen molar-refractivity contribution in [2.45, 2.75) is 50.6 Å². The number of hydrogen-bond acceptors (Lipinski definition) is 5. The lowest BCUT2D eigenvalue weighted by molar-refractivity contribution is -0.118. The van der Waals surface area contributed by atoms with E-state index in [-0.39, 0.29) is 17.2 Å². The van der Waals surface area contributed by atoms with Gasteiger partial charge in [-0.2, -0.15) is 4.98 Å². The Labute approximate surface area is 156 Å². The van der Waals surface area contributed by atoms with Crippen molar-refractivity contribution >= 4 is 29.1 Å². The summed E-state index contributed by atoms with van der Waals surface area (Å²) in [4.78, 5) is 23.9. The molecule has 1 aliphatic rings. The fourth-order valence-electron chi connectivity index (χ4n) is 3.50. The average Bonchev–Trinajstić information content (AvgIpc) is 3.13. The number of thioether (sulfide) groups is 1. The van der Waals surface area contributed by atoms with Gasteiger partial charge < -0.3 is 4.90 Å². The Kier molecular flexibility index (Phi) is 4.19. The van der Waals surface area contributed by atoms with Crippen molar-refractivity contribution in [2.24, 2.45) is 0 Å². The normalized spacial score (nSPS) is 17.5. The summed E-state index contributed by atoms with van der Waals surface area (Å²) in [5.41, 5.74) is 4.14. The Morgan fingerprint density at radius 3 is 2.85 bits per heavy atom. The smallest absolute Gasteiger partial charge is 0.253 e. The fraction of sp³-hybridized carbons (Fsp3) is 0.368. The van der Waals surface area contributed by atoms with E-state index >= 15 is 0 Å². The van der Waals surface area contributed by atoms with Crippen LogP contribution in [0.2, 0.25) is 0 Å². The van der Waals surface area contributed by atoms with Crippen molar-refractivity contribution in [3.8, 4) is 0 Å². The zero-order valence-corrected chi connectivity index (χ0v) is 16.1. The van der Waals surface area contributed by atoms with E-state index in [0.717, 1.165) is 23.5 Å². The van der Waals surface area contributed by atoms with Crippen molar-refractivity contribution < 1.29 is 4.79 Å². The first-order valence-corrected chi connectivity index (χ1v) is 9.60. The number of amides is 1. The van der Waals surface area contributed by atoms with Crippen LogP contribution in [0.4, 0.5) is 5.69 Å². The zero-order chi connectivity index (χ0) is 18.4. The van der Waals surface area contributed by atoms with E-state index < -0.39 is 0 Å². The van der Waals surface area contributed by atoms with E-state index in [9.17, 15) is 4.79 Å². The maximum atomic E-state index is 13.1. The van der Waals surface area contributed by atoms with E-state index in [1.165, 1.54) is 17.3 Å². The summed E-state index contributed by atoms with van der Waals surface area (Å²) < 4.78 is 1.72. The first-order valence-electron chi connectivity index (χ1n) is 8.72. The van der Waals surface area contributed by atoms with Crippen molar-refractivity contribution in [3.05, 3.63) is 47.3 Å². The SMILES string of the molecule is Cc1cc(C)n2nc(S[C@@H](C)C(=O)N3c4ccccc4C[C@H]3C)nc2n1. The molecule has 0 unspecified atom stereocenters. The van der Waals surface area contributed by atoms with Crippen LogP contribution in [-0.2, 0) is 11.2 Å². The molecule has 2 aromatic heterocycles. The first kappa shape index (κ1) is 17.0. The van der Waals surface area contributed by atoms with E-state index in [4.69, 9.17) is 0 Å². The number of carbonyl (C=O) groups is 1. The molecule has 1 aromatic carbocycles. The summed E-state index contributed by atoms with van der Waals surface area (Å²) in [5, 5.41) is 4.80. The van der Waals surface area contributed by atoms with Gasteiger partial charge in [0, 0.05) is 23.1 Å². The Hall–Kier alpha value is -2.41. The summed E-state index contributed by atoms with van der Waals surface area (Å²) in [7, 11) is 0. The van der Waals surface area contributed by atoms with Gasteiger partial charge in [0.2, 0.25) is 11.1 Å². The number of aromatic nitrogens is 4. The van der Waals surface area contributed by atoms with Gasteiger partial charge in [-0.25, -0.2) is 9.50 Å². The van der Waals surface area contributed by atoms with Crippen LogP contribution in [0.15, 0.2) is 35.5 Å². The number of nitrogens with zero attached hydrogens (tertiary/aromatic N) is 5. The van der Waals surface area contributed by atoms with Crippen LogP contribution in [0.25, 0.3) is 5.78 Å². The summed E-state index contributed by atoms with van der Waals surface area (Å²) in [6.07, 6.45) is 0.897. The van der Waals surface area contributed by atoms with Crippen molar-refractivity contribution in [3.63, 3.8) is 0 Å². The van der Waals surface area contributed by atoms with Gasteiger partial charge in [0.05, 0.1) is 5.25 Å². The van der Waals surface area contributed by atoms with Crippen LogP contribution in [0.5, 0.6) is 0 Å². The maximum Gasteiger partial charge on any atom is 0.253 e. The maximum absolute atomic E-state index is 13.1. The van der Waals surface area contributed by atoms with Crippen molar-refractivity contribution in [2.75, 3.05) is 4.90 Å². The van der Waals surface area contributed by atoms with Gasteiger partial charge in [-0.15, -0.1) is 5.10 Å².